The van der Waals surface area contributed by atoms with E-state index in [0.717, 1.165) is 32.7 Å². The number of nitrogens with one attached hydrogen (secondary N) is 1. The maximum absolute atomic E-state index is 4.40. The summed E-state index contributed by atoms with van der Waals surface area (Å²) in [5.41, 5.74) is 4.24. The Hall–Kier alpha value is -2.26. The van der Waals surface area contributed by atoms with Crippen LogP contribution in [0.15, 0.2) is 67.4 Å². The van der Waals surface area contributed by atoms with Crippen molar-refractivity contribution in [3.8, 4) is 0 Å². The summed E-state index contributed by atoms with van der Waals surface area (Å²) in [7, 11) is 0. The summed E-state index contributed by atoms with van der Waals surface area (Å²) in [6.07, 6.45) is 3.87. The average Bonchev–Trinajstić information content (AvgIpc) is 2.55. The molecular formula is C18H16N2S. The smallest absolute Gasteiger partial charge is 0.0722 e. The largest absolute Gasteiger partial charge is 0.354 e. The monoisotopic (exact) mass is 292 g/mol. The molecule has 0 saturated heterocycles. The Morgan fingerprint density at radius 1 is 1.00 bits per heavy atom. The minimum Gasteiger partial charge on any atom is -0.354 e. The van der Waals surface area contributed by atoms with Crippen LogP contribution in [0.1, 0.15) is 5.56 Å². The SMILES string of the molecule is C=C(SC)c1ccccc1Nc1ccnc2ccccc12. The van der Waals surface area contributed by atoms with Gasteiger partial charge in [-0.25, -0.2) is 0 Å². The number of anilines is 2. The lowest BCUT2D eigenvalue weighted by Crippen LogP contribution is -1.95. The Labute approximate surface area is 128 Å². The molecule has 3 aromatic rings. The summed E-state index contributed by atoms with van der Waals surface area (Å²) >= 11 is 1.66. The fourth-order valence-corrected chi connectivity index (χ4v) is 2.69. The molecule has 3 rings (SSSR count). The molecule has 0 fully saturated rings. The molecule has 1 N–H and O–H groups in total. The maximum Gasteiger partial charge on any atom is 0.0722 e. The Balaban J connectivity index is 2.05. The number of hydrogen-bond acceptors (Lipinski definition) is 3. The number of rotatable bonds is 4. The van der Waals surface area contributed by atoms with Gasteiger partial charge in [0.2, 0.25) is 0 Å². The van der Waals surface area contributed by atoms with Crippen molar-refractivity contribution < 1.29 is 0 Å². The lowest BCUT2D eigenvalue weighted by atomic mass is 10.1. The minimum atomic E-state index is 0.990. The van der Waals surface area contributed by atoms with Crippen LogP contribution in [0, 0.1) is 0 Å². The Kier molecular flexibility index (Phi) is 3.93. The third-order valence-electron chi connectivity index (χ3n) is 3.39. The summed E-state index contributed by atoms with van der Waals surface area (Å²) in [4.78, 5) is 5.45. The summed E-state index contributed by atoms with van der Waals surface area (Å²) in [6.45, 7) is 4.12. The standard InChI is InChI=1S/C18H16N2S/c1-13(21-2)14-7-3-6-10-17(14)20-18-11-12-19-16-9-5-4-8-15(16)18/h3-12H,1H2,2H3,(H,19,20). The quantitative estimate of drug-likeness (QED) is 0.705. The zero-order valence-corrected chi connectivity index (χ0v) is 12.7. The molecule has 1 heterocycles. The molecule has 0 bridgehead atoms. The van der Waals surface area contributed by atoms with E-state index < -0.39 is 0 Å². The molecular weight excluding hydrogens is 276 g/mol. The first-order chi connectivity index (χ1) is 10.3. The lowest BCUT2D eigenvalue weighted by molar-refractivity contribution is 1.40. The van der Waals surface area contributed by atoms with E-state index in [1.807, 2.05) is 48.9 Å². The van der Waals surface area contributed by atoms with Gasteiger partial charge in [0.25, 0.3) is 0 Å². The average molecular weight is 292 g/mol. The molecule has 0 spiro atoms. The first kappa shape index (κ1) is 13.7. The van der Waals surface area contributed by atoms with E-state index in [-0.39, 0.29) is 0 Å². The number of aromatic nitrogens is 1. The van der Waals surface area contributed by atoms with Crippen LogP contribution in [0.4, 0.5) is 11.4 Å². The molecule has 0 atom stereocenters. The van der Waals surface area contributed by atoms with Crippen molar-refractivity contribution in [2.75, 3.05) is 11.6 Å². The molecule has 0 aliphatic heterocycles. The molecule has 0 amide bonds. The maximum atomic E-state index is 4.40. The highest BCUT2D eigenvalue weighted by Gasteiger charge is 2.07. The van der Waals surface area contributed by atoms with Crippen molar-refractivity contribution in [3.63, 3.8) is 0 Å². The Morgan fingerprint density at radius 2 is 1.76 bits per heavy atom. The second kappa shape index (κ2) is 6.02. The highest BCUT2D eigenvalue weighted by Crippen LogP contribution is 2.32. The van der Waals surface area contributed by atoms with Crippen molar-refractivity contribution >= 4 is 38.9 Å². The predicted octanol–water partition coefficient (Wildman–Crippen LogP) is 5.31. The molecule has 0 radical (unpaired) electrons. The van der Waals surface area contributed by atoms with Crippen LogP contribution in [-0.2, 0) is 0 Å². The Bertz CT molecular complexity index is 791. The first-order valence-electron chi connectivity index (χ1n) is 6.72. The first-order valence-corrected chi connectivity index (χ1v) is 7.95. The van der Waals surface area contributed by atoms with Crippen molar-refractivity contribution in [1.29, 1.82) is 0 Å². The van der Waals surface area contributed by atoms with Gasteiger partial charge in [-0.15, -0.1) is 11.8 Å². The van der Waals surface area contributed by atoms with Crippen LogP contribution in [-0.4, -0.2) is 11.2 Å². The number of para-hydroxylation sites is 2. The summed E-state index contributed by atoms with van der Waals surface area (Å²) in [5.74, 6) is 0. The van der Waals surface area contributed by atoms with Crippen LogP contribution < -0.4 is 5.32 Å². The molecule has 2 aromatic carbocycles. The van der Waals surface area contributed by atoms with Crippen LogP contribution in [0.2, 0.25) is 0 Å². The van der Waals surface area contributed by atoms with Gasteiger partial charge in [-0.3, -0.25) is 4.98 Å². The lowest BCUT2D eigenvalue weighted by Gasteiger charge is -2.14. The van der Waals surface area contributed by atoms with Crippen LogP contribution in [0.5, 0.6) is 0 Å². The highest BCUT2D eigenvalue weighted by atomic mass is 32.2. The molecule has 104 valence electrons. The van der Waals surface area contributed by atoms with Crippen LogP contribution in [0.3, 0.4) is 0 Å². The van der Waals surface area contributed by atoms with E-state index in [0.29, 0.717) is 0 Å². The summed E-state index contributed by atoms with van der Waals surface area (Å²) in [5, 5.41) is 4.63. The molecule has 0 aliphatic carbocycles. The molecule has 0 unspecified atom stereocenters. The van der Waals surface area contributed by atoms with Gasteiger partial charge in [-0.2, -0.15) is 0 Å². The second-order valence-electron chi connectivity index (χ2n) is 4.67. The molecule has 0 saturated carbocycles. The van der Waals surface area contributed by atoms with Gasteiger partial charge >= 0.3 is 0 Å². The number of fused-ring (bicyclic) bond motifs is 1. The number of benzene rings is 2. The molecule has 1 aromatic heterocycles. The van der Waals surface area contributed by atoms with E-state index in [1.54, 1.807) is 11.8 Å². The Morgan fingerprint density at radius 3 is 2.62 bits per heavy atom. The van der Waals surface area contributed by atoms with Gasteiger partial charge < -0.3 is 5.32 Å². The van der Waals surface area contributed by atoms with Gasteiger partial charge in [0.1, 0.15) is 0 Å². The van der Waals surface area contributed by atoms with E-state index in [9.17, 15) is 0 Å². The topological polar surface area (TPSA) is 24.9 Å². The third-order valence-corrected chi connectivity index (χ3v) is 4.10. The summed E-state index contributed by atoms with van der Waals surface area (Å²) < 4.78 is 0. The van der Waals surface area contributed by atoms with E-state index >= 15 is 0 Å². The molecule has 3 heteroatoms. The van der Waals surface area contributed by atoms with Gasteiger partial charge in [0.15, 0.2) is 0 Å². The fourth-order valence-electron chi connectivity index (χ4n) is 2.30. The van der Waals surface area contributed by atoms with Crippen molar-refractivity contribution in [2.45, 2.75) is 0 Å². The van der Waals surface area contributed by atoms with Crippen LogP contribution in [0.25, 0.3) is 15.8 Å². The third kappa shape index (κ3) is 2.78. The van der Waals surface area contributed by atoms with Gasteiger partial charge in [0.05, 0.1) is 5.52 Å². The number of pyridine rings is 1. The van der Waals surface area contributed by atoms with Gasteiger partial charge in [-0.05, 0) is 24.5 Å². The molecule has 2 nitrogen and oxygen atoms in total. The van der Waals surface area contributed by atoms with E-state index in [4.69, 9.17) is 0 Å². The molecule has 0 aliphatic rings. The van der Waals surface area contributed by atoms with Gasteiger partial charge in [-0.1, -0.05) is 43.0 Å². The van der Waals surface area contributed by atoms with Crippen molar-refractivity contribution in [3.05, 3.63) is 72.9 Å². The zero-order valence-electron chi connectivity index (χ0n) is 11.8. The van der Waals surface area contributed by atoms with E-state index in [2.05, 4.69) is 35.1 Å². The van der Waals surface area contributed by atoms with Crippen molar-refractivity contribution in [1.82, 2.24) is 4.98 Å². The number of hydrogen-bond donors (Lipinski definition) is 1. The number of thioether (sulfide) groups is 1. The predicted molar refractivity (Wildman–Crippen MR) is 94.0 cm³/mol. The fraction of sp³-hybridized carbons (Fsp3) is 0.0556. The van der Waals surface area contributed by atoms with Crippen molar-refractivity contribution in [2.24, 2.45) is 0 Å². The zero-order chi connectivity index (χ0) is 14.7. The van der Waals surface area contributed by atoms with E-state index in [1.165, 1.54) is 0 Å². The second-order valence-corrected chi connectivity index (χ2v) is 5.57. The summed E-state index contributed by atoms with van der Waals surface area (Å²) in [6, 6.07) is 18.4. The minimum absolute atomic E-state index is 0.990. The van der Waals surface area contributed by atoms with Gasteiger partial charge in [0, 0.05) is 33.4 Å². The molecule has 21 heavy (non-hydrogen) atoms. The number of nitrogens with zero attached hydrogens (tertiary/aromatic N) is 1. The van der Waals surface area contributed by atoms with Crippen LogP contribution >= 0.6 is 11.8 Å². The normalized spacial score (nSPS) is 10.5. The highest BCUT2D eigenvalue weighted by molar-refractivity contribution is 8.07.